The molecule has 1 aromatic rings. The second-order valence-electron chi connectivity index (χ2n) is 4.23. The van der Waals surface area contributed by atoms with Gasteiger partial charge in [0, 0.05) is 21.3 Å². The quantitative estimate of drug-likeness (QED) is 0.740. The van der Waals surface area contributed by atoms with Crippen molar-refractivity contribution >= 4 is 10.8 Å². The van der Waals surface area contributed by atoms with Gasteiger partial charge in [-0.25, -0.2) is 4.39 Å². The van der Waals surface area contributed by atoms with Crippen molar-refractivity contribution in [3.8, 4) is 0 Å². The van der Waals surface area contributed by atoms with E-state index in [-0.39, 0.29) is 10.6 Å². The number of hydrogen-bond acceptors (Lipinski definition) is 1. The highest BCUT2D eigenvalue weighted by atomic mass is 32.2. The Bertz CT molecular complexity index is 341. The molecular weight excluding hydrogens is 199 g/mol. The molecule has 3 heteroatoms. The molecule has 78 valence electrons. The highest BCUT2D eigenvalue weighted by Gasteiger charge is 2.19. The number of rotatable bonds is 2. The standard InChI is InChI=1S/C11H15FOS/c1-11(2,3)14(13)8-9-5-4-6-10(12)7-9/h4-7H,8H2,1-3H3. The molecule has 0 aromatic heterocycles. The van der Waals surface area contributed by atoms with Crippen molar-refractivity contribution < 1.29 is 8.60 Å². The molecule has 1 nitrogen and oxygen atoms in total. The summed E-state index contributed by atoms with van der Waals surface area (Å²) in [5.41, 5.74) is 0.790. The van der Waals surface area contributed by atoms with E-state index in [0.29, 0.717) is 5.75 Å². The normalized spacial score (nSPS) is 14.0. The van der Waals surface area contributed by atoms with Crippen molar-refractivity contribution in [1.82, 2.24) is 0 Å². The van der Waals surface area contributed by atoms with Crippen molar-refractivity contribution in [1.29, 1.82) is 0 Å². The van der Waals surface area contributed by atoms with Crippen LogP contribution in [0.2, 0.25) is 0 Å². The van der Waals surface area contributed by atoms with E-state index in [0.717, 1.165) is 5.56 Å². The summed E-state index contributed by atoms with van der Waals surface area (Å²) in [4.78, 5) is 0. The van der Waals surface area contributed by atoms with Crippen LogP contribution in [0.25, 0.3) is 0 Å². The Hall–Kier alpha value is -0.700. The van der Waals surface area contributed by atoms with Gasteiger partial charge in [-0.1, -0.05) is 12.1 Å². The Balaban J connectivity index is 2.75. The van der Waals surface area contributed by atoms with Crippen molar-refractivity contribution in [3.63, 3.8) is 0 Å². The zero-order chi connectivity index (χ0) is 10.8. The fourth-order valence-electron chi connectivity index (χ4n) is 0.995. The predicted molar refractivity (Wildman–Crippen MR) is 58.0 cm³/mol. The number of hydrogen-bond donors (Lipinski definition) is 0. The largest absolute Gasteiger partial charge is 0.259 e. The Morgan fingerprint density at radius 1 is 1.36 bits per heavy atom. The topological polar surface area (TPSA) is 17.1 Å². The van der Waals surface area contributed by atoms with E-state index in [1.807, 2.05) is 20.8 Å². The summed E-state index contributed by atoms with van der Waals surface area (Å²) in [6.45, 7) is 5.76. The summed E-state index contributed by atoms with van der Waals surface area (Å²) in [5, 5.41) is 0. The molecule has 0 spiro atoms. The molecule has 0 fully saturated rings. The molecule has 0 saturated carbocycles. The minimum atomic E-state index is -0.963. The highest BCUT2D eigenvalue weighted by molar-refractivity contribution is 7.85. The van der Waals surface area contributed by atoms with E-state index in [1.165, 1.54) is 12.1 Å². The van der Waals surface area contributed by atoms with Crippen LogP contribution in [0.1, 0.15) is 26.3 Å². The van der Waals surface area contributed by atoms with Gasteiger partial charge < -0.3 is 0 Å². The third kappa shape index (κ3) is 3.22. The smallest absolute Gasteiger partial charge is 0.123 e. The molecular formula is C11H15FOS. The number of benzene rings is 1. The van der Waals surface area contributed by atoms with Crippen LogP contribution in [0.5, 0.6) is 0 Å². The minimum absolute atomic E-state index is 0.244. The van der Waals surface area contributed by atoms with Crippen molar-refractivity contribution in [3.05, 3.63) is 35.6 Å². The molecule has 0 amide bonds. The molecule has 0 N–H and O–H groups in total. The highest BCUT2D eigenvalue weighted by Crippen LogP contribution is 2.16. The average molecular weight is 214 g/mol. The molecule has 14 heavy (non-hydrogen) atoms. The monoisotopic (exact) mass is 214 g/mol. The molecule has 1 atom stereocenters. The van der Waals surface area contributed by atoms with E-state index >= 15 is 0 Å². The third-order valence-electron chi connectivity index (χ3n) is 1.87. The van der Waals surface area contributed by atoms with Gasteiger partial charge in [0.25, 0.3) is 0 Å². The van der Waals surface area contributed by atoms with E-state index in [1.54, 1.807) is 12.1 Å². The van der Waals surface area contributed by atoms with E-state index < -0.39 is 10.8 Å². The average Bonchev–Trinajstić information content (AvgIpc) is 2.02. The lowest BCUT2D eigenvalue weighted by molar-refractivity contribution is 0.625. The summed E-state index contributed by atoms with van der Waals surface area (Å²) < 4.78 is 24.3. The third-order valence-corrected chi connectivity index (χ3v) is 3.83. The maximum absolute atomic E-state index is 12.8. The summed E-state index contributed by atoms with van der Waals surface area (Å²) in [7, 11) is -0.963. The van der Waals surface area contributed by atoms with Crippen molar-refractivity contribution in [2.45, 2.75) is 31.3 Å². The van der Waals surface area contributed by atoms with Crippen molar-refractivity contribution in [2.75, 3.05) is 0 Å². The van der Waals surface area contributed by atoms with Crippen LogP contribution in [0.15, 0.2) is 24.3 Å². The molecule has 1 unspecified atom stereocenters. The first-order valence-corrected chi connectivity index (χ1v) is 5.84. The lowest BCUT2D eigenvalue weighted by Gasteiger charge is -2.17. The molecule has 0 bridgehead atoms. The van der Waals surface area contributed by atoms with Crippen LogP contribution < -0.4 is 0 Å². The van der Waals surface area contributed by atoms with Gasteiger partial charge in [-0.3, -0.25) is 4.21 Å². The Morgan fingerprint density at radius 3 is 2.50 bits per heavy atom. The summed E-state index contributed by atoms with van der Waals surface area (Å²) in [6.07, 6.45) is 0. The first-order chi connectivity index (χ1) is 6.39. The van der Waals surface area contributed by atoms with Gasteiger partial charge in [-0.15, -0.1) is 0 Å². The van der Waals surface area contributed by atoms with Gasteiger partial charge in [0.15, 0.2) is 0 Å². The maximum Gasteiger partial charge on any atom is 0.123 e. The second-order valence-corrected chi connectivity index (χ2v) is 6.44. The molecule has 0 aliphatic rings. The zero-order valence-electron chi connectivity index (χ0n) is 8.71. The van der Waals surface area contributed by atoms with Crippen LogP contribution in [0, 0.1) is 5.82 Å². The molecule has 1 aromatic carbocycles. The van der Waals surface area contributed by atoms with Crippen molar-refractivity contribution in [2.24, 2.45) is 0 Å². The summed E-state index contributed by atoms with van der Waals surface area (Å²) in [6, 6.07) is 6.27. The lowest BCUT2D eigenvalue weighted by Crippen LogP contribution is -2.22. The van der Waals surface area contributed by atoms with E-state index in [2.05, 4.69) is 0 Å². The number of halogens is 1. The molecule has 0 saturated heterocycles. The van der Waals surface area contributed by atoms with Crippen LogP contribution in [0.4, 0.5) is 4.39 Å². The Morgan fingerprint density at radius 2 is 2.00 bits per heavy atom. The van der Waals surface area contributed by atoms with Gasteiger partial charge in [0.05, 0.1) is 0 Å². The fourth-order valence-corrected chi connectivity index (χ4v) is 1.91. The zero-order valence-corrected chi connectivity index (χ0v) is 9.53. The SMILES string of the molecule is CC(C)(C)S(=O)Cc1cccc(F)c1. The molecule has 0 aliphatic heterocycles. The van der Waals surface area contributed by atoms with Gasteiger partial charge in [-0.2, -0.15) is 0 Å². The van der Waals surface area contributed by atoms with Crippen LogP contribution in [0.3, 0.4) is 0 Å². The minimum Gasteiger partial charge on any atom is -0.259 e. The van der Waals surface area contributed by atoms with Gasteiger partial charge in [-0.05, 0) is 38.5 Å². The Labute approximate surface area is 86.8 Å². The summed E-state index contributed by atoms with van der Waals surface area (Å²) in [5.74, 6) is 0.148. The predicted octanol–water partition coefficient (Wildman–Crippen LogP) is 2.87. The van der Waals surface area contributed by atoms with Gasteiger partial charge >= 0.3 is 0 Å². The molecule has 0 radical (unpaired) electrons. The van der Waals surface area contributed by atoms with E-state index in [9.17, 15) is 8.60 Å². The van der Waals surface area contributed by atoms with Crippen LogP contribution in [-0.4, -0.2) is 8.96 Å². The first kappa shape index (κ1) is 11.4. The fraction of sp³-hybridized carbons (Fsp3) is 0.455. The molecule has 0 heterocycles. The van der Waals surface area contributed by atoms with Gasteiger partial charge in [0.2, 0.25) is 0 Å². The first-order valence-electron chi connectivity index (χ1n) is 4.52. The molecule has 0 aliphatic carbocycles. The lowest BCUT2D eigenvalue weighted by atomic mass is 10.2. The maximum atomic E-state index is 12.8. The van der Waals surface area contributed by atoms with E-state index in [4.69, 9.17) is 0 Å². The Kier molecular flexibility index (Phi) is 3.43. The van der Waals surface area contributed by atoms with Crippen LogP contribution in [-0.2, 0) is 16.6 Å². The second kappa shape index (κ2) is 4.22. The van der Waals surface area contributed by atoms with Gasteiger partial charge in [0.1, 0.15) is 5.82 Å². The molecule has 1 rings (SSSR count). The van der Waals surface area contributed by atoms with Crippen LogP contribution >= 0.6 is 0 Å². The summed E-state index contributed by atoms with van der Waals surface area (Å²) >= 11 is 0.